The lowest BCUT2D eigenvalue weighted by atomic mass is 10.1. The molecule has 2 heteroatoms. The Morgan fingerprint density at radius 2 is 2.07 bits per heavy atom. The number of ether oxygens (including phenoxy) is 1. The molecule has 0 saturated heterocycles. The summed E-state index contributed by atoms with van der Waals surface area (Å²) in [5.41, 5.74) is 1.79. The molecule has 0 fully saturated rings. The Balaban J connectivity index is 2.44. The van der Waals surface area contributed by atoms with E-state index in [4.69, 9.17) is 4.74 Å². The highest BCUT2D eigenvalue weighted by Crippen LogP contribution is 2.07. The fourth-order valence-corrected chi connectivity index (χ4v) is 1.37. The van der Waals surface area contributed by atoms with Crippen LogP contribution in [0, 0.1) is 6.92 Å². The van der Waals surface area contributed by atoms with E-state index in [0.717, 1.165) is 24.0 Å². The van der Waals surface area contributed by atoms with Crippen LogP contribution in [-0.2, 0) is 4.74 Å². The van der Waals surface area contributed by atoms with Crippen molar-refractivity contribution in [3.8, 4) is 0 Å². The molecular formula is C13H18O2. The van der Waals surface area contributed by atoms with Crippen molar-refractivity contribution in [3.05, 3.63) is 35.4 Å². The van der Waals surface area contributed by atoms with E-state index in [1.807, 2.05) is 31.2 Å². The third-order valence-corrected chi connectivity index (χ3v) is 2.32. The molecule has 82 valence electrons. The van der Waals surface area contributed by atoms with E-state index in [2.05, 4.69) is 6.92 Å². The summed E-state index contributed by atoms with van der Waals surface area (Å²) in [4.78, 5) is 11.7. The number of unbranched alkanes of at least 4 members (excludes halogenated alkanes) is 1. The van der Waals surface area contributed by atoms with Gasteiger partial charge in [0.15, 0.2) is 5.78 Å². The topological polar surface area (TPSA) is 26.3 Å². The van der Waals surface area contributed by atoms with Crippen LogP contribution in [0.25, 0.3) is 0 Å². The predicted molar refractivity (Wildman–Crippen MR) is 61.2 cm³/mol. The summed E-state index contributed by atoms with van der Waals surface area (Å²) >= 11 is 0. The third-order valence-electron chi connectivity index (χ3n) is 2.32. The van der Waals surface area contributed by atoms with Crippen molar-refractivity contribution < 1.29 is 9.53 Å². The first-order valence-corrected chi connectivity index (χ1v) is 5.42. The Morgan fingerprint density at radius 1 is 1.33 bits per heavy atom. The minimum Gasteiger partial charge on any atom is -0.373 e. The summed E-state index contributed by atoms with van der Waals surface area (Å²) in [6, 6.07) is 7.61. The first-order valence-electron chi connectivity index (χ1n) is 5.42. The van der Waals surface area contributed by atoms with Crippen LogP contribution in [0.15, 0.2) is 24.3 Å². The number of carbonyl (C=O) groups is 1. The van der Waals surface area contributed by atoms with Crippen LogP contribution in [0.5, 0.6) is 0 Å². The molecule has 1 aromatic rings. The molecule has 0 aliphatic heterocycles. The van der Waals surface area contributed by atoms with Crippen molar-refractivity contribution in [1.29, 1.82) is 0 Å². The van der Waals surface area contributed by atoms with Gasteiger partial charge in [0.25, 0.3) is 0 Å². The van der Waals surface area contributed by atoms with Gasteiger partial charge in [-0.2, -0.15) is 0 Å². The molecular weight excluding hydrogens is 188 g/mol. The lowest BCUT2D eigenvalue weighted by Gasteiger charge is -2.05. The Morgan fingerprint density at radius 3 is 2.73 bits per heavy atom. The zero-order valence-corrected chi connectivity index (χ0v) is 9.45. The molecule has 0 bridgehead atoms. The Bertz CT molecular complexity index is 318. The summed E-state index contributed by atoms with van der Waals surface area (Å²) in [6.07, 6.45) is 2.11. The number of Topliss-reactive ketones (excluding diaryl/α,β-unsaturated/α-hetero) is 1. The molecule has 0 atom stereocenters. The van der Waals surface area contributed by atoms with E-state index in [1.165, 1.54) is 0 Å². The summed E-state index contributed by atoms with van der Waals surface area (Å²) in [5.74, 6) is 0.0733. The van der Waals surface area contributed by atoms with Gasteiger partial charge < -0.3 is 4.74 Å². The highest BCUT2D eigenvalue weighted by molar-refractivity contribution is 5.98. The summed E-state index contributed by atoms with van der Waals surface area (Å²) in [7, 11) is 0. The van der Waals surface area contributed by atoms with Crippen molar-refractivity contribution in [2.45, 2.75) is 26.7 Å². The first kappa shape index (κ1) is 11.9. The molecule has 0 aliphatic rings. The van der Waals surface area contributed by atoms with E-state index >= 15 is 0 Å². The van der Waals surface area contributed by atoms with Crippen LogP contribution in [0.2, 0.25) is 0 Å². The van der Waals surface area contributed by atoms with Crippen LogP contribution in [0.4, 0.5) is 0 Å². The van der Waals surface area contributed by atoms with Gasteiger partial charge in [-0.15, -0.1) is 0 Å². The van der Waals surface area contributed by atoms with Crippen LogP contribution in [-0.4, -0.2) is 19.0 Å². The number of benzene rings is 1. The monoisotopic (exact) mass is 206 g/mol. The zero-order chi connectivity index (χ0) is 11.1. The molecule has 0 saturated carbocycles. The molecule has 0 unspecified atom stereocenters. The summed E-state index contributed by atoms with van der Waals surface area (Å²) in [6.45, 7) is 4.92. The van der Waals surface area contributed by atoms with E-state index in [0.29, 0.717) is 6.61 Å². The normalized spacial score (nSPS) is 10.3. The van der Waals surface area contributed by atoms with E-state index in [-0.39, 0.29) is 12.4 Å². The predicted octanol–water partition coefficient (Wildman–Crippen LogP) is 2.99. The summed E-state index contributed by atoms with van der Waals surface area (Å²) < 4.78 is 5.30. The molecule has 0 spiro atoms. The van der Waals surface area contributed by atoms with Crippen molar-refractivity contribution in [3.63, 3.8) is 0 Å². The lowest BCUT2D eigenvalue weighted by molar-refractivity contribution is 0.0754. The van der Waals surface area contributed by atoms with Gasteiger partial charge in [-0.05, 0) is 18.9 Å². The molecule has 0 N–H and O–H groups in total. The van der Waals surface area contributed by atoms with E-state index < -0.39 is 0 Å². The minimum absolute atomic E-state index is 0.0733. The molecule has 0 radical (unpaired) electrons. The standard InChI is InChI=1S/C13H18O2/c1-3-4-9-15-10-13(14)12-8-6-5-7-11(12)2/h5-8H,3-4,9-10H2,1-2H3. The average molecular weight is 206 g/mol. The van der Waals surface area contributed by atoms with E-state index in [1.54, 1.807) is 0 Å². The fourth-order valence-electron chi connectivity index (χ4n) is 1.37. The quantitative estimate of drug-likeness (QED) is 0.528. The maximum Gasteiger partial charge on any atom is 0.188 e. The van der Waals surface area contributed by atoms with Gasteiger partial charge in [0.05, 0.1) is 0 Å². The van der Waals surface area contributed by atoms with Gasteiger partial charge in [-0.3, -0.25) is 4.79 Å². The second-order valence-corrected chi connectivity index (χ2v) is 3.64. The number of rotatable bonds is 6. The van der Waals surface area contributed by atoms with Crippen molar-refractivity contribution in [2.24, 2.45) is 0 Å². The van der Waals surface area contributed by atoms with Gasteiger partial charge >= 0.3 is 0 Å². The van der Waals surface area contributed by atoms with Crippen LogP contribution in [0.3, 0.4) is 0 Å². The van der Waals surface area contributed by atoms with Crippen molar-refractivity contribution in [2.75, 3.05) is 13.2 Å². The maximum atomic E-state index is 11.7. The first-order chi connectivity index (χ1) is 7.25. The highest BCUT2D eigenvalue weighted by atomic mass is 16.5. The van der Waals surface area contributed by atoms with Crippen LogP contribution < -0.4 is 0 Å². The lowest BCUT2D eigenvalue weighted by Crippen LogP contribution is -2.11. The number of ketones is 1. The number of hydrogen-bond donors (Lipinski definition) is 0. The average Bonchev–Trinajstić information content (AvgIpc) is 2.25. The molecule has 1 rings (SSSR count). The molecule has 0 aromatic heterocycles. The second kappa shape index (κ2) is 6.36. The van der Waals surface area contributed by atoms with Gasteiger partial charge in [0.1, 0.15) is 6.61 Å². The molecule has 1 aromatic carbocycles. The zero-order valence-electron chi connectivity index (χ0n) is 9.45. The van der Waals surface area contributed by atoms with Crippen molar-refractivity contribution >= 4 is 5.78 Å². The second-order valence-electron chi connectivity index (χ2n) is 3.64. The Labute approximate surface area is 91.3 Å². The molecule has 0 aliphatic carbocycles. The largest absolute Gasteiger partial charge is 0.373 e. The Hall–Kier alpha value is -1.15. The maximum absolute atomic E-state index is 11.7. The Kier molecular flexibility index (Phi) is 5.05. The number of aryl methyl sites for hydroxylation is 1. The third kappa shape index (κ3) is 3.84. The highest BCUT2D eigenvalue weighted by Gasteiger charge is 2.07. The van der Waals surface area contributed by atoms with Gasteiger partial charge in [-0.25, -0.2) is 0 Å². The van der Waals surface area contributed by atoms with Crippen molar-refractivity contribution in [1.82, 2.24) is 0 Å². The van der Waals surface area contributed by atoms with E-state index in [9.17, 15) is 4.79 Å². The minimum atomic E-state index is 0.0733. The van der Waals surface area contributed by atoms with Crippen LogP contribution >= 0.6 is 0 Å². The van der Waals surface area contributed by atoms with Gasteiger partial charge in [0, 0.05) is 12.2 Å². The molecule has 0 heterocycles. The smallest absolute Gasteiger partial charge is 0.188 e. The fraction of sp³-hybridized carbons (Fsp3) is 0.462. The number of carbonyl (C=O) groups excluding carboxylic acids is 1. The number of hydrogen-bond acceptors (Lipinski definition) is 2. The van der Waals surface area contributed by atoms with Gasteiger partial charge in [0.2, 0.25) is 0 Å². The molecule has 2 nitrogen and oxygen atoms in total. The molecule has 0 amide bonds. The summed E-state index contributed by atoms with van der Waals surface area (Å²) in [5, 5.41) is 0. The van der Waals surface area contributed by atoms with Crippen LogP contribution in [0.1, 0.15) is 35.7 Å². The molecule has 15 heavy (non-hydrogen) atoms. The van der Waals surface area contributed by atoms with Gasteiger partial charge in [-0.1, -0.05) is 37.6 Å². The SMILES string of the molecule is CCCCOCC(=O)c1ccccc1C.